The van der Waals surface area contributed by atoms with Gasteiger partial charge in [0.25, 0.3) is 0 Å². The summed E-state index contributed by atoms with van der Waals surface area (Å²) in [5.41, 5.74) is 6.63. The fourth-order valence-corrected chi connectivity index (χ4v) is 7.59. The number of amides is 4. The van der Waals surface area contributed by atoms with Crippen LogP contribution < -0.4 is 25.3 Å². The number of urea groups is 1. The number of carbonyl (C=O) groups is 3. The molecule has 0 aliphatic carbocycles. The molecule has 52 heavy (non-hydrogen) atoms. The quantitative estimate of drug-likeness (QED) is 0.334. The van der Waals surface area contributed by atoms with Gasteiger partial charge in [-0.25, -0.2) is 19.6 Å². The molecule has 3 fully saturated rings. The summed E-state index contributed by atoms with van der Waals surface area (Å²) < 4.78 is 5.57. The number of anilines is 5. The zero-order valence-corrected chi connectivity index (χ0v) is 30.9. The van der Waals surface area contributed by atoms with E-state index >= 15 is 0 Å². The molecule has 5 heterocycles. The number of nitrogens with one attached hydrogen (secondary N) is 2. The van der Waals surface area contributed by atoms with Gasteiger partial charge in [0.05, 0.1) is 12.2 Å². The van der Waals surface area contributed by atoms with Crippen LogP contribution in [0.25, 0.3) is 0 Å². The fourth-order valence-electron chi connectivity index (χ4n) is 7.59. The van der Waals surface area contributed by atoms with Gasteiger partial charge in [-0.3, -0.25) is 19.9 Å². The van der Waals surface area contributed by atoms with E-state index in [0.29, 0.717) is 44.3 Å². The molecular formula is C39H51N9O4. The van der Waals surface area contributed by atoms with E-state index in [2.05, 4.69) is 66.7 Å². The summed E-state index contributed by atoms with van der Waals surface area (Å²) in [5.74, 6) is 0.998. The lowest BCUT2D eigenvalue weighted by atomic mass is 9.95. The van der Waals surface area contributed by atoms with E-state index < -0.39 is 5.60 Å². The van der Waals surface area contributed by atoms with Crippen molar-refractivity contribution in [2.45, 2.75) is 65.5 Å². The first-order chi connectivity index (χ1) is 25.0. The molecular weight excluding hydrogens is 658 g/mol. The molecule has 0 atom stereocenters. The number of aryl methyl sites for hydroxylation is 1. The second-order valence-corrected chi connectivity index (χ2v) is 15.4. The highest BCUT2D eigenvalue weighted by Crippen LogP contribution is 2.31. The molecule has 0 saturated carbocycles. The van der Waals surface area contributed by atoms with Gasteiger partial charge in [0.1, 0.15) is 5.60 Å². The lowest BCUT2D eigenvalue weighted by Gasteiger charge is -2.40. The molecule has 3 saturated heterocycles. The summed E-state index contributed by atoms with van der Waals surface area (Å²) in [6.07, 6.45) is 4.92. The van der Waals surface area contributed by atoms with E-state index in [1.54, 1.807) is 9.80 Å². The molecule has 0 unspecified atom stereocenters. The molecule has 2 aromatic carbocycles. The van der Waals surface area contributed by atoms with Crippen molar-refractivity contribution in [1.82, 2.24) is 25.1 Å². The number of aromatic nitrogens is 2. The Balaban J connectivity index is 0.850. The van der Waals surface area contributed by atoms with E-state index in [0.717, 1.165) is 74.0 Å². The molecule has 3 aromatic rings. The predicted octanol–water partition coefficient (Wildman–Crippen LogP) is 5.31. The Kier molecular flexibility index (Phi) is 10.2. The van der Waals surface area contributed by atoms with E-state index in [9.17, 15) is 14.4 Å². The van der Waals surface area contributed by atoms with Crippen LogP contribution in [-0.2, 0) is 22.5 Å². The minimum atomic E-state index is -0.534. The predicted molar refractivity (Wildman–Crippen MR) is 202 cm³/mol. The van der Waals surface area contributed by atoms with Crippen LogP contribution in [0.4, 0.5) is 38.3 Å². The third kappa shape index (κ3) is 8.41. The number of piperazine rings is 1. The van der Waals surface area contributed by atoms with Crippen molar-refractivity contribution in [3.05, 3.63) is 65.5 Å². The molecule has 4 amide bonds. The standard InChI is InChI=1S/C39H51N9O4/c1-27-23-32(9-10-34(27)48-18-14-35(49)43-37(48)50)45-15-11-28(12-16-45)25-44-19-21-46(22-20-44)31-7-5-30(6-8-31)41-36-40-24-29-13-17-47(26-33(29)42-36)38(51)52-39(2,3)4/h5-10,23-24,28H,11-22,25-26H2,1-4H3,(H,40,41,42)(H,43,49,50). The van der Waals surface area contributed by atoms with E-state index in [-0.39, 0.29) is 18.0 Å². The molecule has 4 aliphatic heterocycles. The summed E-state index contributed by atoms with van der Waals surface area (Å²) >= 11 is 0. The topological polar surface area (TPSA) is 126 Å². The lowest BCUT2D eigenvalue weighted by molar-refractivity contribution is -0.120. The zero-order valence-electron chi connectivity index (χ0n) is 30.9. The first kappa shape index (κ1) is 35.5. The molecule has 0 bridgehead atoms. The van der Waals surface area contributed by atoms with Gasteiger partial charge in [-0.15, -0.1) is 0 Å². The Morgan fingerprint density at radius 3 is 2.31 bits per heavy atom. The van der Waals surface area contributed by atoms with E-state index in [4.69, 9.17) is 9.72 Å². The number of imide groups is 1. The average molecular weight is 710 g/mol. The lowest BCUT2D eigenvalue weighted by Crippen LogP contribution is -2.49. The van der Waals surface area contributed by atoms with Crippen LogP contribution in [0.3, 0.4) is 0 Å². The smallest absolute Gasteiger partial charge is 0.410 e. The maximum absolute atomic E-state index is 12.6. The zero-order chi connectivity index (χ0) is 36.4. The van der Waals surface area contributed by atoms with Gasteiger partial charge in [-0.2, -0.15) is 0 Å². The number of hydrogen-bond acceptors (Lipinski definition) is 10. The fraction of sp³-hybridized carbons (Fsp3) is 0.513. The molecule has 13 nitrogen and oxygen atoms in total. The summed E-state index contributed by atoms with van der Waals surface area (Å²) in [6.45, 7) is 16.4. The van der Waals surface area contributed by atoms with Crippen LogP contribution in [0.2, 0.25) is 0 Å². The van der Waals surface area contributed by atoms with Gasteiger partial charge in [-0.05, 0) is 106 Å². The average Bonchev–Trinajstić information content (AvgIpc) is 3.12. The van der Waals surface area contributed by atoms with E-state index in [1.807, 2.05) is 40.0 Å². The molecule has 1 aromatic heterocycles. The van der Waals surface area contributed by atoms with Crippen LogP contribution in [0, 0.1) is 12.8 Å². The molecule has 4 aliphatic rings. The third-order valence-electron chi connectivity index (χ3n) is 10.5. The third-order valence-corrected chi connectivity index (χ3v) is 10.5. The second-order valence-electron chi connectivity index (χ2n) is 15.4. The number of fused-ring (bicyclic) bond motifs is 1. The minimum absolute atomic E-state index is 0.213. The maximum atomic E-state index is 12.6. The minimum Gasteiger partial charge on any atom is -0.444 e. The van der Waals surface area contributed by atoms with Crippen molar-refractivity contribution in [1.29, 1.82) is 0 Å². The number of ether oxygens (including phenoxy) is 1. The number of hydrogen-bond donors (Lipinski definition) is 2. The molecule has 7 rings (SSSR count). The van der Waals surface area contributed by atoms with Crippen molar-refractivity contribution in [2.75, 3.05) is 78.9 Å². The first-order valence-electron chi connectivity index (χ1n) is 18.6. The van der Waals surface area contributed by atoms with Crippen molar-refractivity contribution >= 4 is 46.7 Å². The normalized spacial score (nSPS) is 19.0. The number of carbonyl (C=O) groups excluding carboxylic acids is 3. The van der Waals surface area contributed by atoms with Crippen LogP contribution in [0.15, 0.2) is 48.7 Å². The van der Waals surface area contributed by atoms with Crippen molar-refractivity contribution < 1.29 is 19.1 Å². The van der Waals surface area contributed by atoms with Gasteiger partial charge in [0.15, 0.2) is 0 Å². The second kappa shape index (κ2) is 15.0. The number of benzene rings is 2. The SMILES string of the molecule is Cc1cc(N2CCC(CN3CCN(c4ccc(Nc5ncc6c(n5)CN(C(=O)OC(C)(C)C)CC6)cc4)CC3)CC2)ccc1N1CCC(=O)NC1=O. The van der Waals surface area contributed by atoms with Gasteiger partial charge in [0.2, 0.25) is 11.9 Å². The van der Waals surface area contributed by atoms with Crippen molar-refractivity contribution in [2.24, 2.45) is 5.92 Å². The Hall–Kier alpha value is -4.91. The Morgan fingerprint density at radius 2 is 1.62 bits per heavy atom. The first-order valence-corrected chi connectivity index (χ1v) is 18.6. The van der Waals surface area contributed by atoms with Gasteiger partial charge in [-0.1, -0.05) is 0 Å². The highest BCUT2D eigenvalue weighted by atomic mass is 16.6. The number of rotatable bonds is 7. The van der Waals surface area contributed by atoms with Crippen LogP contribution in [0.1, 0.15) is 56.9 Å². The van der Waals surface area contributed by atoms with Crippen LogP contribution in [0.5, 0.6) is 0 Å². The highest BCUT2D eigenvalue weighted by molar-refractivity contribution is 6.06. The summed E-state index contributed by atoms with van der Waals surface area (Å²) in [5, 5.41) is 5.76. The monoisotopic (exact) mass is 709 g/mol. The Bertz CT molecular complexity index is 1780. The molecule has 276 valence electrons. The van der Waals surface area contributed by atoms with Gasteiger partial charge < -0.3 is 24.8 Å². The maximum Gasteiger partial charge on any atom is 0.410 e. The summed E-state index contributed by atoms with van der Waals surface area (Å²) in [4.78, 5) is 56.7. The van der Waals surface area contributed by atoms with Crippen LogP contribution in [-0.4, -0.2) is 102 Å². The molecule has 2 N–H and O–H groups in total. The Morgan fingerprint density at radius 1 is 0.904 bits per heavy atom. The van der Waals surface area contributed by atoms with Gasteiger partial charge in [0, 0.05) is 94.3 Å². The highest BCUT2D eigenvalue weighted by Gasteiger charge is 2.29. The molecule has 0 spiro atoms. The van der Waals surface area contributed by atoms with Gasteiger partial charge >= 0.3 is 12.1 Å². The number of piperidine rings is 1. The van der Waals surface area contributed by atoms with Crippen molar-refractivity contribution in [3.8, 4) is 0 Å². The van der Waals surface area contributed by atoms with Crippen LogP contribution >= 0.6 is 0 Å². The largest absolute Gasteiger partial charge is 0.444 e. The Labute approximate surface area is 306 Å². The summed E-state index contributed by atoms with van der Waals surface area (Å²) in [7, 11) is 0. The molecule has 0 radical (unpaired) electrons. The molecule has 13 heteroatoms. The summed E-state index contributed by atoms with van der Waals surface area (Å²) in [6, 6.07) is 14.4. The van der Waals surface area contributed by atoms with Crippen molar-refractivity contribution in [3.63, 3.8) is 0 Å². The van der Waals surface area contributed by atoms with E-state index in [1.165, 1.54) is 24.2 Å². The number of nitrogens with zero attached hydrogens (tertiary/aromatic N) is 7.